The number of carboxylic acid groups (broad SMARTS) is 1. The van der Waals surface area contributed by atoms with E-state index in [0.29, 0.717) is 0 Å². The summed E-state index contributed by atoms with van der Waals surface area (Å²) in [4.78, 5) is 23.6. The second kappa shape index (κ2) is 5.97. The van der Waals surface area contributed by atoms with E-state index in [1.54, 1.807) is 0 Å². The van der Waals surface area contributed by atoms with Crippen molar-refractivity contribution in [3.63, 3.8) is 0 Å². The summed E-state index contributed by atoms with van der Waals surface area (Å²) in [6, 6.07) is 2.46. The van der Waals surface area contributed by atoms with Gasteiger partial charge in [0.25, 0.3) is 0 Å². The number of anilines is 1. The molecule has 1 rings (SSSR count). The topological polar surface area (TPSA) is 89.9 Å². The highest BCUT2D eigenvalue weighted by Gasteiger charge is 2.15. The maximum atomic E-state index is 12.9. The highest BCUT2D eigenvalue weighted by Crippen LogP contribution is 2.17. The fourth-order valence-electron chi connectivity index (χ4n) is 1.26. The summed E-state index contributed by atoms with van der Waals surface area (Å²) in [6.45, 7) is -0.103. The van der Waals surface area contributed by atoms with Crippen LogP contribution < -0.4 is 5.32 Å². The largest absolute Gasteiger partial charge is 0.478 e. The van der Waals surface area contributed by atoms with Gasteiger partial charge in [0.1, 0.15) is 5.82 Å². The van der Waals surface area contributed by atoms with Gasteiger partial charge in [0.05, 0.1) is 17.9 Å². The average molecular weight is 256 g/mol. The summed E-state index contributed by atoms with van der Waals surface area (Å²) in [5.74, 6) is -2.04. The molecule has 0 aliphatic rings. The van der Waals surface area contributed by atoms with Crippen LogP contribution in [0, 0.1) is 5.82 Å². The van der Waals surface area contributed by atoms with Crippen LogP contribution in [-0.4, -0.2) is 47.3 Å². The number of carbonyl (C=O) groups is 2. The number of urea groups is 1. The first-order valence-corrected chi connectivity index (χ1v) is 5.11. The Morgan fingerprint density at radius 1 is 1.44 bits per heavy atom. The van der Waals surface area contributed by atoms with Crippen LogP contribution in [0.3, 0.4) is 0 Å². The van der Waals surface area contributed by atoms with E-state index in [9.17, 15) is 14.0 Å². The summed E-state index contributed by atoms with van der Waals surface area (Å²) < 4.78 is 12.9. The second-order valence-corrected chi connectivity index (χ2v) is 3.57. The van der Waals surface area contributed by atoms with Crippen molar-refractivity contribution >= 4 is 17.7 Å². The van der Waals surface area contributed by atoms with E-state index in [-0.39, 0.29) is 24.4 Å². The maximum absolute atomic E-state index is 12.9. The quantitative estimate of drug-likeness (QED) is 0.749. The van der Waals surface area contributed by atoms with Gasteiger partial charge in [-0.05, 0) is 18.2 Å². The number of nitrogens with one attached hydrogen (secondary N) is 1. The summed E-state index contributed by atoms with van der Waals surface area (Å²) >= 11 is 0. The number of benzene rings is 1. The fraction of sp³-hybridized carbons (Fsp3) is 0.273. The van der Waals surface area contributed by atoms with Gasteiger partial charge in [-0.3, -0.25) is 0 Å². The lowest BCUT2D eigenvalue weighted by atomic mass is 10.1. The zero-order valence-electron chi connectivity index (χ0n) is 9.68. The van der Waals surface area contributed by atoms with Gasteiger partial charge in [0.15, 0.2) is 0 Å². The number of carboxylic acids is 1. The number of likely N-dealkylation sites (N-methyl/N-ethyl adjacent to an activating group) is 1. The van der Waals surface area contributed by atoms with E-state index in [1.807, 2.05) is 0 Å². The lowest BCUT2D eigenvalue weighted by Crippen LogP contribution is -2.33. The van der Waals surface area contributed by atoms with Crippen LogP contribution in [0.4, 0.5) is 14.9 Å². The number of carbonyl (C=O) groups excluding carboxylic acids is 1. The van der Waals surface area contributed by atoms with Crippen molar-refractivity contribution in [1.29, 1.82) is 0 Å². The lowest BCUT2D eigenvalue weighted by Gasteiger charge is -2.17. The molecule has 2 amide bonds. The zero-order chi connectivity index (χ0) is 13.7. The van der Waals surface area contributed by atoms with Crippen molar-refractivity contribution in [2.24, 2.45) is 0 Å². The standard InChI is InChI=1S/C11H13FN2O4/c1-14(4-5-15)11(18)13-9-3-2-7(12)6-8(9)10(16)17/h2-3,6,15H,4-5H2,1H3,(H,13,18)(H,16,17). The number of amides is 2. The number of hydrogen-bond acceptors (Lipinski definition) is 3. The van der Waals surface area contributed by atoms with Gasteiger partial charge in [-0.2, -0.15) is 0 Å². The molecule has 18 heavy (non-hydrogen) atoms. The van der Waals surface area contributed by atoms with Gasteiger partial charge in [-0.15, -0.1) is 0 Å². The van der Waals surface area contributed by atoms with E-state index in [2.05, 4.69) is 5.32 Å². The number of rotatable bonds is 4. The van der Waals surface area contributed by atoms with Crippen molar-refractivity contribution in [3.05, 3.63) is 29.6 Å². The minimum Gasteiger partial charge on any atom is -0.478 e. The van der Waals surface area contributed by atoms with Gasteiger partial charge in [0, 0.05) is 13.6 Å². The minimum atomic E-state index is -1.34. The summed E-state index contributed by atoms with van der Waals surface area (Å²) in [5.41, 5.74) is -0.334. The predicted molar refractivity (Wildman–Crippen MR) is 62.1 cm³/mol. The molecule has 0 radical (unpaired) electrons. The van der Waals surface area contributed by atoms with Gasteiger partial charge >= 0.3 is 12.0 Å². The number of aliphatic hydroxyl groups is 1. The SMILES string of the molecule is CN(CCO)C(=O)Nc1ccc(F)cc1C(=O)O. The Hall–Kier alpha value is -2.15. The molecule has 0 unspecified atom stereocenters. The Morgan fingerprint density at radius 2 is 2.11 bits per heavy atom. The van der Waals surface area contributed by atoms with E-state index in [1.165, 1.54) is 18.0 Å². The second-order valence-electron chi connectivity index (χ2n) is 3.57. The van der Waals surface area contributed by atoms with E-state index < -0.39 is 17.8 Å². The third-order valence-electron chi connectivity index (χ3n) is 2.24. The highest BCUT2D eigenvalue weighted by atomic mass is 19.1. The van der Waals surface area contributed by atoms with Crippen molar-refractivity contribution in [1.82, 2.24) is 4.90 Å². The lowest BCUT2D eigenvalue weighted by molar-refractivity contribution is 0.0697. The number of nitrogens with zero attached hydrogens (tertiary/aromatic N) is 1. The minimum absolute atomic E-state index is 0.00121. The molecular formula is C11H13FN2O4. The number of hydrogen-bond donors (Lipinski definition) is 3. The Balaban J connectivity index is 2.90. The molecule has 6 nitrogen and oxygen atoms in total. The molecule has 98 valence electrons. The summed E-state index contributed by atoms with van der Waals surface area (Å²) in [7, 11) is 1.44. The van der Waals surface area contributed by atoms with Gasteiger partial charge in [-0.1, -0.05) is 0 Å². The van der Waals surface area contributed by atoms with E-state index >= 15 is 0 Å². The molecule has 0 atom stereocenters. The van der Waals surface area contributed by atoms with Crippen LogP contribution in [0.15, 0.2) is 18.2 Å². The number of aliphatic hydroxyl groups excluding tert-OH is 1. The summed E-state index contributed by atoms with van der Waals surface area (Å²) in [6.07, 6.45) is 0. The fourth-order valence-corrected chi connectivity index (χ4v) is 1.26. The van der Waals surface area contributed by atoms with Crippen molar-refractivity contribution < 1.29 is 24.2 Å². The number of aromatic carboxylic acids is 1. The molecule has 0 aliphatic heterocycles. The molecule has 0 heterocycles. The van der Waals surface area contributed by atoms with Gasteiger partial charge in [0.2, 0.25) is 0 Å². The van der Waals surface area contributed by atoms with Crippen LogP contribution in [0.5, 0.6) is 0 Å². The zero-order valence-corrected chi connectivity index (χ0v) is 9.68. The molecule has 0 saturated carbocycles. The first-order chi connectivity index (χ1) is 8.45. The monoisotopic (exact) mass is 256 g/mol. The van der Waals surface area contributed by atoms with E-state index in [4.69, 9.17) is 10.2 Å². The Kier molecular flexibility index (Phi) is 4.61. The molecule has 0 aromatic heterocycles. The molecule has 7 heteroatoms. The third-order valence-corrected chi connectivity index (χ3v) is 2.24. The Morgan fingerprint density at radius 3 is 2.67 bits per heavy atom. The molecule has 0 spiro atoms. The molecule has 1 aromatic carbocycles. The normalized spacial score (nSPS) is 9.94. The maximum Gasteiger partial charge on any atom is 0.337 e. The molecule has 0 bridgehead atoms. The van der Waals surface area contributed by atoms with Crippen LogP contribution in [-0.2, 0) is 0 Å². The van der Waals surface area contributed by atoms with Crippen molar-refractivity contribution in [3.8, 4) is 0 Å². The average Bonchev–Trinajstić information content (AvgIpc) is 2.31. The van der Waals surface area contributed by atoms with Gasteiger partial charge in [-0.25, -0.2) is 14.0 Å². The molecule has 0 saturated heterocycles. The van der Waals surface area contributed by atoms with E-state index in [0.717, 1.165) is 12.1 Å². The highest BCUT2D eigenvalue weighted by molar-refractivity contribution is 5.99. The Bertz CT molecular complexity index is 464. The van der Waals surface area contributed by atoms with Crippen molar-refractivity contribution in [2.75, 3.05) is 25.5 Å². The Labute approximate surface area is 103 Å². The first-order valence-electron chi connectivity index (χ1n) is 5.11. The predicted octanol–water partition coefficient (Wildman–Crippen LogP) is 0.980. The van der Waals surface area contributed by atoms with Crippen molar-refractivity contribution in [2.45, 2.75) is 0 Å². The molecular weight excluding hydrogens is 243 g/mol. The summed E-state index contributed by atoms with van der Waals surface area (Å²) in [5, 5.41) is 19.9. The smallest absolute Gasteiger partial charge is 0.337 e. The molecule has 3 N–H and O–H groups in total. The van der Waals surface area contributed by atoms with Crippen LogP contribution in [0.2, 0.25) is 0 Å². The number of halogens is 1. The van der Waals surface area contributed by atoms with Crippen LogP contribution in [0.1, 0.15) is 10.4 Å². The van der Waals surface area contributed by atoms with Gasteiger partial charge < -0.3 is 20.4 Å². The third kappa shape index (κ3) is 3.42. The molecule has 0 fully saturated rings. The first kappa shape index (κ1) is 13.9. The molecule has 1 aromatic rings. The molecule has 0 aliphatic carbocycles. The van der Waals surface area contributed by atoms with Crippen LogP contribution in [0.25, 0.3) is 0 Å². The van der Waals surface area contributed by atoms with Crippen LogP contribution >= 0.6 is 0 Å².